The average molecular weight is 374 g/mol. The number of likely N-dealkylation sites (tertiary alicyclic amines) is 1. The van der Waals surface area contributed by atoms with Gasteiger partial charge in [-0.2, -0.15) is 13.2 Å². The van der Waals surface area contributed by atoms with Gasteiger partial charge in [-0.3, -0.25) is 9.69 Å². The number of nitrogens with zero attached hydrogens (tertiary/aromatic N) is 1. The van der Waals surface area contributed by atoms with E-state index in [0.717, 1.165) is 37.2 Å². The number of amides is 1. The summed E-state index contributed by atoms with van der Waals surface area (Å²) in [5.74, 6) is 0.164. The lowest BCUT2D eigenvalue weighted by Crippen LogP contribution is -2.41. The number of para-hydroxylation sites is 1. The predicted octanol–water partition coefficient (Wildman–Crippen LogP) is 2.92. The molecular weight excluding hydrogens is 349 g/mol. The van der Waals surface area contributed by atoms with E-state index in [2.05, 4.69) is 15.0 Å². The summed E-state index contributed by atoms with van der Waals surface area (Å²) in [6.45, 7) is 0.0571. The van der Waals surface area contributed by atoms with Crippen LogP contribution in [-0.2, 0) is 9.53 Å². The van der Waals surface area contributed by atoms with Crippen LogP contribution in [0.5, 0.6) is 5.75 Å². The molecule has 1 unspecified atom stereocenters. The van der Waals surface area contributed by atoms with Crippen molar-refractivity contribution in [2.45, 2.75) is 31.5 Å². The Kier molecular flexibility index (Phi) is 7.71. The monoisotopic (exact) mass is 374 g/mol. The summed E-state index contributed by atoms with van der Waals surface area (Å²) in [6, 6.07) is 7.49. The van der Waals surface area contributed by atoms with Crippen LogP contribution in [0.2, 0.25) is 0 Å². The standard InChI is InChI=1S/C18H25F3N2O3/c1-25-16-8-4-3-7-14(16)15(23-9-5-2-6-10-23)11-22-17(24)12-26-13-18(19,20)21/h3-4,7-8,15H,2,5-6,9-13H2,1H3,(H,22,24). The number of halogens is 3. The SMILES string of the molecule is COc1ccccc1C(CNC(=O)COCC(F)(F)F)N1CCCCC1. The van der Waals surface area contributed by atoms with Gasteiger partial charge in [-0.05, 0) is 32.0 Å². The Balaban J connectivity index is 1.99. The molecule has 0 radical (unpaired) electrons. The van der Waals surface area contributed by atoms with E-state index in [0.29, 0.717) is 0 Å². The van der Waals surface area contributed by atoms with Crippen LogP contribution in [0.25, 0.3) is 0 Å². The van der Waals surface area contributed by atoms with Crippen LogP contribution in [-0.4, -0.2) is 56.9 Å². The van der Waals surface area contributed by atoms with E-state index in [9.17, 15) is 18.0 Å². The molecule has 0 spiro atoms. The Labute approximate surface area is 151 Å². The van der Waals surface area contributed by atoms with Crippen LogP contribution in [0.15, 0.2) is 24.3 Å². The van der Waals surface area contributed by atoms with E-state index in [-0.39, 0.29) is 12.6 Å². The molecule has 8 heteroatoms. The minimum atomic E-state index is -4.44. The fourth-order valence-corrected chi connectivity index (χ4v) is 3.13. The molecule has 1 aliphatic rings. The van der Waals surface area contributed by atoms with Crippen LogP contribution in [0.1, 0.15) is 30.9 Å². The molecule has 0 aromatic heterocycles. The maximum atomic E-state index is 12.1. The summed E-state index contributed by atoms with van der Waals surface area (Å²) in [5.41, 5.74) is 0.952. The van der Waals surface area contributed by atoms with Gasteiger partial charge < -0.3 is 14.8 Å². The van der Waals surface area contributed by atoms with Crippen molar-refractivity contribution < 1.29 is 27.4 Å². The van der Waals surface area contributed by atoms with Crippen LogP contribution >= 0.6 is 0 Å². The summed E-state index contributed by atoms with van der Waals surface area (Å²) in [5, 5.41) is 2.69. The second kappa shape index (κ2) is 9.78. The van der Waals surface area contributed by atoms with Gasteiger partial charge in [0.25, 0.3) is 0 Å². The van der Waals surface area contributed by atoms with Crippen LogP contribution in [0.3, 0.4) is 0 Å². The molecule has 0 bridgehead atoms. The van der Waals surface area contributed by atoms with E-state index < -0.39 is 25.3 Å². The Morgan fingerprint density at radius 1 is 1.23 bits per heavy atom. The van der Waals surface area contributed by atoms with Gasteiger partial charge in [-0.25, -0.2) is 0 Å². The molecule has 1 aliphatic heterocycles. The highest BCUT2D eigenvalue weighted by molar-refractivity contribution is 5.77. The second-order valence-electron chi connectivity index (χ2n) is 6.27. The number of carbonyl (C=O) groups excluding carboxylic acids is 1. The lowest BCUT2D eigenvalue weighted by Gasteiger charge is -2.35. The molecule has 1 aromatic rings. The van der Waals surface area contributed by atoms with Gasteiger partial charge >= 0.3 is 6.18 Å². The number of rotatable bonds is 8. The second-order valence-corrected chi connectivity index (χ2v) is 6.27. The van der Waals surface area contributed by atoms with Gasteiger partial charge in [0.15, 0.2) is 0 Å². The van der Waals surface area contributed by atoms with Crippen molar-refractivity contribution in [2.24, 2.45) is 0 Å². The van der Waals surface area contributed by atoms with Crippen molar-refractivity contribution in [3.8, 4) is 5.75 Å². The Bertz CT molecular complexity index is 575. The first-order valence-electron chi connectivity index (χ1n) is 8.69. The van der Waals surface area contributed by atoms with E-state index in [1.165, 1.54) is 6.42 Å². The number of carbonyl (C=O) groups is 1. The van der Waals surface area contributed by atoms with Crippen LogP contribution in [0.4, 0.5) is 13.2 Å². The quantitative estimate of drug-likeness (QED) is 0.760. The molecule has 1 aromatic carbocycles. The number of piperidine rings is 1. The number of methoxy groups -OCH3 is 1. The van der Waals surface area contributed by atoms with Crippen LogP contribution in [0, 0.1) is 0 Å². The van der Waals surface area contributed by atoms with Gasteiger partial charge in [0, 0.05) is 12.1 Å². The summed E-state index contributed by atoms with van der Waals surface area (Å²) < 4.78 is 46.1. The maximum absolute atomic E-state index is 12.1. The molecule has 0 saturated carbocycles. The molecule has 1 N–H and O–H groups in total. The smallest absolute Gasteiger partial charge is 0.411 e. The first-order chi connectivity index (χ1) is 12.4. The molecule has 1 atom stereocenters. The highest BCUT2D eigenvalue weighted by Gasteiger charge is 2.28. The van der Waals surface area contributed by atoms with Crippen molar-refractivity contribution in [1.29, 1.82) is 0 Å². The molecule has 1 heterocycles. The van der Waals surface area contributed by atoms with Crippen LogP contribution < -0.4 is 10.1 Å². The lowest BCUT2D eigenvalue weighted by atomic mass is 10.0. The number of hydrogen-bond donors (Lipinski definition) is 1. The minimum Gasteiger partial charge on any atom is -0.496 e. The normalized spacial score (nSPS) is 16.9. The van der Waals surface area contributed by atoms with E-state index in [4.69, 9.17) is 4.74 Å². The Hall–Kier alpha value is -1.80. The lowest BCUT2D eigenvalue weighted by molar-refractivity contribution is -0.175. The summed E-state index contributed by atoms with van der Waals surface area (Å²) in [7, 11) is 1.59. The molecule has 1 amide bonds. The minimum absolute atomic E-state index is 0.0991. The number of alkyl halides is 3. The van der Waals surface area contributed by atoms with Crippen molar-refractivity contribution in [3.63, 3.8) is 0 Å². The molecule has 1 saturated heterocycles. The fraction of sp³-hybridized carbons (Fsp3) is 0.611. The highest BCUT2D eigenvalue weighted by atomic mass is 19.4. The first-order valence-corrected chi connectivity index (χ1v) is 8.69. The molecule has 1 fully saturated rings. The Morgan fingerprint density at radius 2 is 1.92 bits per heavy atom. The Morgan fingerprint density at radius 3 is 2.58 bits per heavy atom. The van der Waals surface area contributed by atoms with Crippen molar-refractivity contribution >= 4 is 5.91 Å². The average Bonchev–Trinajstić information content (AvgIpc) is 2.62. The zero-order valence-corrected chi connectivity index (χ0v) is 14.8. The van der Waals surface area contributed by atoms with E-state index in [1.54, 1.807) is 7.11 Å². The summed E-state index contributed by atoms with van der Waals surface area (Å²) >= 11 is 0. The number of nitrogens with one attached hydrogen (secondary N) is 1. The molecule has 146 valence electrons. The first kappa shape index (κ1) is 20.5. The van der Waals surface area contributed by atoms with Gasteiger partial charge in [0.05, 0.1) is 13.2 Å². The number of ether oxygens (including phenoxy) is 2. The topological polar surface area (TPSA) is 50.8 Å². The van der Waals surface area contributed by atoms with Crippen molar-refractivity contribution in [3.05, 3.63) is 29.8 Å². The van der Waals surface area contributed by atoms with Gasteiger partial charge in [-0.15, -0.1) is 0 Å². The molecular formula is C18H25F3N2O3. The molecule has 26 heavy (non-hydrogen) atoms. The predicted molar refractivity (Wildman–Crippen MR) is 91.0 cm³/mol. The highest BCUT2D eigenvalue weighted by Crippen LogP contribution is 2.30. The zero-order chi connectivity index (χ0) is 19.0. The zero-order valence-electron chi connectivity index (χ0n) is 14.8. The van der Waals surface area contributed by atoms with Gasteiger partial charge in [0.1, 0.15) is 19.0 Å². The van der Waals surface area contributed by atoms with Crippen molar-refractivity contribution in [2.75, 3.05) is 40.0 Å². The molecule has 5 nitrogen and oxygen atoms in total. The molecule has 2 rings (SSSR count). The van der Waals surface area contributed by atoms with E-state index >= 15 is 0 Å². The van der Waals surface area contributed by atoms with E-state index in [1.807, 2.05) is 24.3 Å². The van der Waals surface area contributed by atoms with Gasteiger partial charge in [-0.1, -0.05) is 24.6 Å². The fourth-order valence-electron chi connectivity index (χ4n) is 3.13. The third kappa shape index (κ3) is 6.49. The number of benzene rings is 1. The largest absolute Gasteiger partial charge is 0.496 e. The summed E-state index contributed by atoms with van der Waals surface area (Å²) in [6.07, 6.45) is -1.11. The maximum Gasteiger partial charge on any atom is 0.411 e. The summed E-state index contributed by atoms with van der Waals surface area (Å²) in [4.78, 5) is 14.1. The van der Waals surface area contributed by atoms with Gasteiger partial charge in [0.2, 0.25) is 5.91 Å². The molecule has 0 aliphatic carbocycles. The van der Waals surface area contributed by atoms with Crippen molar-refractivity contribution in [1.82, 2.24) is 10.2 Å². The number of hydrogen-bond acceptors (Lipinski definition) is 4. The third-order valence-electron chi connectivity index (χ3n) is 4.32. The third-order valence-corrected chi connectivity index (χ3v) is 4.32.